The van der Waals surface area contributed by atoms with Gasteiger partial charge in [-0.15, -0.1) is 12.4 Å². The summed E-state index contributed by atoms with van der Waals surface area (Å²) in [5.41, 5.74) is 2.25. The summed E-state index contributed by atoms with van der Waals surface area (Å²) in [6.45, 7) is 0. The van der Waals surface area contributed by atoms with E-state index in [-0.39, 0.29) is 12.4 Å². The fourth-order valence-electron chi connectivity index (χ4n) is 5.70. The molecule has 0 atom stereocenters. The Balaban J connectivity index is 0.00000121. The quantitative estimate of drug-likeness (QED) is 0.622. The SMILES string of the molecule is Brc1cccc(CCC23CC4CC(CC(C4)C2)C3)c1.Cl. The topological polar surface area (TPSA) is 0 Å². The first-order valence-electron chi connectivity index (χ1n) is 7.95. The van der Waals surface area contributed by atoms with Crippen LogP contribution in [0.1, 0.15) is 50.5 Å². The lowest BCUT2D eigenvalue weighted by Gasteiger charge is -2.57. The van der Waals surface area contributed by atoms with Crippen molar-refractivity contribution in [2.75, 3.05) is 0 Å². The molecule has 0 amide bonds. The zero-order chi connectivity index (χ0) is 12.9. The molecule has 1 aromatic carbocycles. The van der Waals surface area contributed by atoms with Crippen LogP contribution in [0.4, 0.5) is 0 Å². The molecule has 0 saturated heterocycles. The van der Waals surface area contributed by atoms with E-state index < -0.39 is 0 Å². The summed E-state index contributed by atoms with van der Waals surface area (Å²) in [6.07, 6.45) is 12.1. The van der Waals surface area contributed by atoms with Gasteiger partial charge in [-0.2, -0.15) is 0 Å². The van der Waals surface area contributed by atoms with Gasteiger partial charge >= 0.3 is 0 Å². The molecule has 20 heavy (non-hydrogen) atoms. The zero-order valence-corrected chi connectivity index (χ0v) is 14.4. The zero-order valence-electron chi connectivity index (χ0n) is 12.0. The molecule has 0 aliphatic heterocycles. The molecule has 5 rings (SSSR count). The van der Waals surface area contributed by atoms with Crippen molar-refractivity contribution in [3.63, 3.8) is 0 Å². The van der Waals surface area contributed by atoms with Crippen molar-refractivity contribution < 1.29 is 0 Å². The number of rotatable bonds is 3. The molecule has 1 aromatic rings. The third-order valence-corrected chi connectivity index (χ3v) is 6.49. The van der Waals surface area contributed by atoms with E-state index in [0.717, 1.165) is 23.2 Å². The minimum absolute atomic E-state index is 0. The van der Waals surface area contributed by atoms with Gasteiger partial charge in [0, 0.05) is 4.47 Å². The first kappa shape index (κ1) is 14.9. The van der Waals surface area contributed by atoms with Gasteiger partial charge in [-0.25, -0.2) is 0 Å². The van der Waals surface area contributed by atoms with Crippen molar-refractivity contribution in [2.45, 2.75) is 51.4 Å². The lowest BCUT2D eigenvalue weighted by Crippen LogP contribution is -2.46. The molecule has 4 bridgehead atoms. The molecule has 0 N–H and O–H groups in total. The van der Waals surface area contributed by atoms with Gasteiger partial charge < -0.3 is 0 Å². The molecule has 4 aliphatic rings. The van der Waals surface area contributed by atoms with E-state index in [9.17, 15) is 0 Å². The van der Waals surface area contributed by atoms with Crippen molar-refractivity contribution in [3.8, 4) is 0 Å². The molecule has 4 aliphatic carbocycles. The Morgan fingerprint density at radius 3 is 2.15 bits per heavy atom. The number of aryl methyl sites for hydroxylation is 1. The summed E-state index contributed by atoms with van der Waals surface area (Å²) in [5, 5.41) is 0. The number of benzene rings is 1. The van der Waals surface area contributed by atoms with Crippen LogP contribution in [0.5, 0.6) is 0 Å². The summed E-state index contributed by atoms with van der Waals surface area (Å²) in [4.78, 5) is 0. The van der Waals surface area contributed by atoms with E-state index in [1.54, 1.807) is 38.5 Å². The highest BCUT2D eigenvalue weighted by Crippen LogP contribution is 2.61. The fraction of sp³-hybridized carbons (Fsp3) is 0.667. The predicted octanol–water partition coefficient (Wildman–Crippen LogP) is 6.02. The average molecular weight is 356 g/mol. The lowest BCUT2D eigenvalue weighted by atomic mass is 9.48. The average Bonchev–Trinajstić information content (AvgIpc) is 2.35. The molecule has 0 nitrogen and oxygen atoms in total. The summed E-state index contributed by atoms with van der Waals surface area (Å²) >= 11 is 3.60. The van der Waals surface area contributed by atoms with Gasteiger partial charge in [-0.1, -0.05) is 28.1 Å². The van der Waals surface area contributed by atoms with Crippen molar-refractivity contribution in [1.82, 2.24) is 0 Å². The van der Waals surface area contributed by atoms with Crippen LogP contribution in [-0.4, -0.2) is 0 Å². The summed E-state index contributed by atoms with van der Waals surface area (Å²) < 4.78 is 1.23. The van der Waals surface area contributed by atoms with E-state index in [2.05, 4.69) is 40.2 Å². The van der Waals surface area contributed by atoms with Crippen LogP contribution >= 0.6 is 28.3 Å². The van der Waals surface area contributed by atoms with Crippen LogP contribution in [0.25, 0.3) is 0 Å². The standard InChI is InChI=1S/C18H23Br.ClH/c19-17-3-1-2-13(9-17)4-5-18-10-14-6-15(11-18)8-16(7-14)12-18;/h1-3,9,14-16H,4-8,10-12H2;1H. The second-order valence-electron chi connectivity index (χ2n) is 7.55. The van der Waals surface area contributed by atoms with Crippen molar-refractivity contribution in [3.05, 3.63) is 34.3 Å². The number of hydrogen-bond donors (Lipinski definition) is 0. The highest BCUT2D eigenvalue weighted by molar-refractivity contribution is 9.10. The monoisotopic (exact) mass is 354 g/mol. The maximum absolute atomic E-state index is 3.60. The Morgan fingerprint density at radius 2 is 1.60 bits per heavy atom. The summed E-state index contributed by atoms with van der Waals surface area (Å²) in [6, 6.07) is 8.92. The Bertz CT molecular complexity index is 447. The van der Waals surface area contributed by atoms with Crippen LogP contribution < -0.4 is 0 Å². The largest absolute Gasteiger partial charge is 0.147 e. The van der Waals surface area contributed by atoms with Crippen LogP contribution in [0.2, 0.25) is 0 Å². The van der Waals surface area contributed by atoms with Gasteiger partial charge in [0.05, 0.1) is 0 Å². The molecule has 2 heteroatoms. The first-order valence-corrected chi connectivity index (χ1v) is 8.75. The molecule has 0 unspecified atom stereocenters. The van der Waals surface area contributed by atoms with Crippen molar-refractivity contribution in [2.24, 2.45) is 23.2 Å². The van der Waals surface area contributed by atoms with E-state index >= 15 is 0 Å². The molecule has 4 fully saturated rings. The van der Waals surface area contributed by atoms with Gasteiger partial charge in [0.25, 0.3) is 0 Å². The van der Waals surface area contributed by atoms with Crippen LogP contribution in [0.3, 0.4) is 0 Å². The Morgan fingerprint density at radius 1 is 1.00 bits per heavy atom. The smallest absolute Gasteiger partial charge is 0.0177 e. The molecule has 0 heterocycles. The Labute approximate surface area is 137 Å². The third-order valence-electron chi connectivity index (χ3n) is 6.00. The molecular weight excluding hydrogens is 332 g/mol. The van der Waals surface area contributed by atoms with E-state index in [4.69, 9.17) is 0 Å². The molecule has 110 valence electrons. The molecule has 0 spiro atoms. The van der Waals surface area contributed by atoms with Crippen LogP contribution in [0.15, 0.2) is 28.7 Å². The van der Waals surface area contributed by atoms with E-state index in [1.165, 1.54) is 22.9 Å². The summed E-state index contributed by atoms with van der Waals surface area (Å²) in [5.74, 6) is 3.27. The van der Waals surface area contributed by atoms with Crippen LogP contribution in [-0.2, 0) is 6.42 Å². The second kappa shape index (κ2) is 5.65. The predicted molar refractivity (Wildman–Crippen MR) is 90.3 cm³/mol. The Hall–Kier alpha value is -0.0100. The maximum Gasteiger partial charge on any atom is 0.0177 e. The number of halogens is 2. The maximum atomic E-state index is 3.60. The van der Waals surface area contributed by atoms with Crippen molar-refractivity contribution in [1.29, 1.82) is 0 Å². The highest BCUT2D eigenvalue weighted by Gasteiger charge is 2.50. The van der Waals surface area contributed by atoms with E-state index in [0.29, 0.717) is 0 Å². The molecule has 4 saturated carbocycles. The fourth-order valence-corrected chi connectivity index (χ4v) is 6.14. The third kappa shape index (κ3) is 2.81. The van der Waals surface area contributed by atoms with Gasteiger partial charge in [-0.3, -0.25) is 0 Å². The van der Waals surface area contributed by atoms with Gasteiger partial charge in [-0.05, 0) is 92.2 Å². The second-order valence-corrected chi connectivity index (χ2v) is 8.46. The Kier molecular flexibility index (Phi) is 4.21. The van der Waals surface area contributed by atoms with Gasteiger partial charge in [0.1, 0.15) is 0 Å². The molecule has 0 radical (unpaired) electrons. The lowest BCUT2D eigenvalue weighted by molar-refractivity contribution is -0.0569. The van der Waals surface area contributed by atoms with Crippen molar-refractivity contribution >= 4 is 28.3 Å². The first-order chi connectivity index (χ1) is 9.21. The minimum Gasteiger partial charge on any atom is -0.147 e. The normalized spacial score (nSPS) is 37.8. The minimum atomic E-state index is 0. The highest BCUT2D eigenvalue weighted by atomic mass is 79.9. The van der Waals surface area contributed by atoms with Crippen LogP contribution in [0, 0.1) is 23.2 Å². The summed E-state index contributed by atoms with van der Waals surface area (Å²) in [7, 11) is 0. The van der Waals surface area contributed by atoms with Gasteiger partial charge in [0.15, 0.2) is 0 Å². The number of hydrogen-bond acceptors (Lipinski definition) is 0. The molecular formula is C18H24BrCl. The van der Waals surface area contributed by atoms with E-state index in [1.807, 2.05) is 0 Å². The van der Waals surface area contributed by atoms with Gasteiger partial charge in [0.2, 0.25) is 0 Å². The molecule has 0 aromatic heterocycles.